The van der Waals surface area contributed by atoms with E-state index >= 15 is 0 Å². The van der Waals surface area contributed by atoms with Gasteiger partial charge in [-0.05, 0) is 35.7 Å². The number of hydrogen-bond donors (Lipinski definition) is 1. The quantitative estimate of drug-likeness (QED) is 0.856. The predicted molar refractivity (Wildman–Crippen MR) is 90.6 cm³/mol. The van der Waals surface area contributed by atoms with Crippen molar-refractivity contribution in [3.63, 3.8) is 0 Å². The van der Waals surface area contributed by atoms with Gasteiger partial charge < -0.3 is 19.5 Å². The lowest BCUT2D eigenvalue weighted by Gasteiger charge is -2.27. The van der Waals surface area contributed by atoms with Gasteiger partial charge in [0.2, 0.25) is 0 Å². The smallest absolute Gasteiger partial charge is 0.337 e. The van der Waals surface area contributed by atoms with Crippen molar-refractivity contribution >= 4 is 5.97 Å². The highest BCUT2D eigenvalue weighted by atomic mass is 16.5. The summed E-state index contributed by atoms with van der Waals surface area (Å²) < 4.78 is 15.9. The number of benzene rings is 2. The first kappa shape index (κ1) is 16.3. The monoisotopic (exact) mass is 327 g/mol. The van der Waals surface area contributed by atoms with Crippen LogP contribution >= 0.6 is 0 Å². The molecule has 0 aliphatic carbocycles. The van der Waals surface area contributed by atoms with Crippen LogP contribution in [-0.2, 0) is 17.7 Å². The minimum absolute atomic E-state index is 0.241. The van der Waals surface area contributed by atoms with Crippen LogP contribution in [0.4, 0.5) is 0 Å². The highest BCUT2D eigenvalue weighted by Crippen LogP contribution is 2.34. The number of rotatable bonds is 5. The maximum absolute atomic E-state index is 11.4. The fourth-order valence-corrected chi connectivity index (χ4v) is 2.82. The summed E-state index contributed by atoms with van der Waals surface area (Å²) in [5, 5.41) is 3.50. The summed E-state index contributed by atoms with van der Waals surface area (Å²) >= 11 is 0. The normalized spacial score (nSPS) is 16.0. The van der Waals surface area contributed by atoms with Gasteiger partial charge in [0.05, 0.1) is 19.8 Å². The molecule has 0 fully saturated rings. The fourth-order valence-electron chi connectivity index (χ4n) is 2.82. The minimum atomic E-state index is -0.319. The van der Waals surface area contributed by atoms with Crippen molar-refractivity contribution in [1.29, 1.82) is 0 Å². The van der Waals surface area contributed by atoms with E-state index in [1.807, 2.05) is 24.3 Å². The number of methoxy groups -OCH3 is 2. The second kappa shape index (κ2) is 7.36. The molecule has 0 spiro atoms. The van der Waals surface area contributed by atoms with Gasteiger partial charge in [0.25, 0.3) is 0 Å². The third-order valence-corrected chi connectivity index (χ3v) is 4.15. The lowest BCUT2D eigenvalue weighted by molar-refractivity contribution is 0.0600. The highest BCUT2D eigenvalue weighted by molar-refractivity contribution is 5.89. The van der Waals surface area contributed by atoms with Gasteiger partial charge in [-0.2, -0.15) is 0 Å². The Morgan fingerprint density at radius 3 is 2.71 bits per heavy atom. The van der Waals surface area contributed by atoms with Crippen molar-refractivity contribution in [1.82, 2.24) is 5.32 Å². The van der Waals surface area contributed by atoms with Gasteiger partial charge in [0.15, 0.2) is 11.5 Å². The van der Waals surface area contributed by atoms with E-state index in [1.54, 1.807) is 19.2 Å². The van der Waals surface area contributed by atoms with E-state index in [9.17, 15) is 4.79 Å². The topological polar surface area (TPSA) is 56.8 Å². The van der Waals surface area contributed by atoms with Crippen molar-refractivity contribution in [2.45, 2.75) is 19.0 Å². The molecule has 0 aromatic heterocycles. The molecule has 1 N–H and O–H groups in total. The third-order valence-electron chi connectivity index (χ3n) is 4.15. The van der Waals surface area contributed by atoms with Crippen molar-refractivity contribution in [3.05, 3.63) is 59.2 Å². The minimum Gasteiger partial charge on any atom is -0.493 e. The van der Waals surface area contributed by atoms with E-state index in [-0.39, 0.29) is 12.0 Å². The zero-order valence-electron chi connectivity index (χ0n) is 13.9. The van der Waals surface area contributed by atoms with E-state index in [2.05, 4.69) is 11.4 Å². The zero-order chi connectivity index (χ0) is 16.9. The number of esters is 1. The molecule has 0 saturated carbocycles. The van der Waals surface area contributed by atoms with E-state index < -0.39 is 0 Å². The molecule has 24 heavy (non-hydrogen) atoms. The molecule has 0 amide bonds. The van der Waals surface area contributed by atoms with Crippen molar-refractivity contribution < 1.29 is 19.0 Å². The molecule has 3 rings (SSSR count). The molecular weight excluding hydrogens is 306 g/mol. The van der Waals surface area contributed by atoms with Gasteiger partial charge in [-0.1, -0.05) is 24.3 Å². The first-order valence-electron chi connectivity index (χ1n) is 7.90. The van der Waals surface area contributed by atoms with Crippen LogP contribution < -0.4 is 14.8 Å². The van der Waals surface area contributed by atoms with E-state index in [0.717, 1.165) is 35.6 Å². The standard InChI is InChI=1S/C19H21NO4/c1-22-17-5-3-4-15-10-16(12-24-18(15)17)20-11-13-6-8-14(9-7-13)19(21)23-2/h3-9,16,20H,10-12H2,1-2H3/t16-/m0/s1. The first-order valence-corrected chi connectivity index (χ1v) is 7.90. The second-order valence-corrected chi connectivity index (χ2v) is 5.73. The number of ether oxygens (including phenoxy) is 3. The molecular formula is C19H21NO4. The maximum atomic E-state index is 11.4. The zero-order valence-corrected chi connectivity index (χ0v) is 13.9. The molecule has 0 bridgehead atoms. The Morgan fingerprint density at radius 1 is 1.21 bits per heavy atom. The number of carbonyl (C=O) groups is 1. The predicted octanol–water partition coefficient (Wildman–Crippen LogP) is 2.58. The van der Waals surface area contributed by atoms with Gasteiger partial charge in [-0.15, -0.1) is 0 Å². The van der Waals surface area contributed by atoms with Crippen LogP contribution in [0, 0.1) is 0 Å². The first-order chi connectivity index (χ1) is 11.7. The van der Waals surface area contributed by atoms with Crippen LogP contribution in [-0.4, -0.2) is 32.8 Å². The SMILES string of the molecule is COC(=O)c1ccc(CN[C@@H]2COc3c(cccc3OC)C2)cc1. The van der Waals surface area contributed by atoms with Crippen LogP contribution in [0.3, 0.4) is 0 Å². The van der Waals surface area contributed by atoms with E-state index in [0.29, 0.717) is 12.2 Å². The van der Waals surface area contributed by atoms with Crippen LogP contribution in [0.2, 0.25) is 0 Å². The molecule has 0 unspecified atom stereocenters. The maximum Gasteiger partial charge on any atom is 0.337 e. The molecule has 1 atom stereocenters. The Balaban J connectivity index is 1.59. The Hall–Kier alpha value is -2.53. The van der Waals surface area contributed by atoms with Crippen molar-refractivity contribution in [3.8, 4) is 11.5 Å². The number of nitrogens with one attached hydrogen (secondary N) is 1. The fraction of sp³-hybridized carbons (Fsp3) is 0.316. The number of para-hydroxylation sites is 1. The Bertz CT molecular complexity index is 712. The molecule has 0 saturated heterocycles. The average Bonchev–Trinajstić information content (AvgIpc) is 2.65. The second-order valence-electron chi connectivity index (χ2n) is 5.73. The van der Waals surface area contributed by atoms with Crippen molar-refractivity contribution in [2.24, 2.45) is 0 Å². The number of carbonyl (C=O) groups excluding carboxylic acids is 1. The summed E-state index contributed by atoms with van der Waals surface area (Å²) in [6.45, 7) is 1.32. The molecule has 5 heteroatoms. The lowest BCUT2D eigenvalue weighted by Crippen LogP contribution is -2.38. The Kier molecular flexibility index (Phi) is 5.01. The van der Waals surface area contributed by atoms with Crippen LogP contribution in [0.25, 0.3) is 0 Å². The van der Waals surface area contributed by atoms with E-state index in [4.69, 9.17) is 14.2 Å². The molecule has 0 radical (unpaired) electrons. The van der Waals surface area contributed by atoms with Gasteiger partial charge >= 0.3 is 5.97 Å². The molecule has 5 nitrogen and oxygen atoms in total. The third kappa shape index (κ3) is 3.51. The Labute approximate surface area is 141 Å². The molecule has 1 aliphatic rings. The lowest BCUT2D eigenvalue weighted by atomic mass is 10.0. The Morgan fingerprint density at radius 2 is 2.00 bits per heavy atom. The largest absolute Gasteiger partial charge is 0.493 e. The van der Waals surface area contributed by atoms with Crippen molar-refractivity contribution in [2.75, 3.05) is 20.8 Å². The molecule has 1 aliphatic heterocycles. The summed E-state index contributed by atoms with van der Waals surface area (Å²) in [6.07, 6.45) is 0.896. The van der Waals surface area contributed by atoms with Gasteiger partial charge in [0.1, 0.15) is 6.61 Å². The summed E-state index contributed by atoms with van der Waals surface area (Å²) in [7, 11) is 3.04. The number of fused-ring (bicyclic) bond motifs is 1. The van der Waals surface area contributed by atoms with Gasteiger partial charge in [-0.25, -0.2) is 4.79 Å². The van der Waals surface area contributed by atoms with Crippen LogP contribution in [0.1, 0.15) is 21.5 Å². The summed E-state index contributed by atoms with van der Waals surface area (Å²) in [5.41, 5.74) is 2.82. The highest BCUT2D eigenvalue weighted by Gasteiger charge is 2.22. The van der Waals surface area contributed by atoms with Gasteiger partial charge in [-0.3, -0.25) is 0 Å². The average molecular weight is 327 g/mol. The molecule has 2 aromatic rings. The van der Waals surface area contributed by atoms with Gasteiger partial charge in [0, 0.05) is 12.6 Å². The molecule has 2 aromatic carbocycles. The number of hydrogen-bond acceptors (Lipinski definition) is 5. The summed E-state index contributed by atoms with van der Waals surface area (Å²) in [4.78, 5) is 11.4. The summed E-state index contributed by atoms with van der Waals surface area (Å²) in [6, 6.07) is 13.6. The van der Waals surface area contributed by atoms with E-state index in [1.165, 1.54) is 7.11 Å². The molecule has 1 heterocycles. The van der Waals surface area contributed by atoms with Crippen LogP contribution in [0.15, 0.2) is 42.5 Å². The molecule has 126 valence electrons. The van der Waals surface area contributed by atoms with Crippen LogP contribution in [0.5, 0.6) is 11.5 Å². The summed E-state index contributed by atoms with van der Waals surface area (Å²) in [5.74, 6) is 1.31.